The van der Waals surface area contributed by atoms with Crippen LogP contribution in [0.2, 0.25) is 0 Å². The third-order valence-corrected chi connectivity index (χ3v) is 2.93. The van der Waals surface area contributed by atoms with Crippen LogP contribution in [0, 0.1) is 5.82 Å². The summed E-state index contributed by atoms with van der Waals surface area (Å²) in [5.41, 5.74) is 0.645. The summed E-state index contributed by atoms with van der Waals surface area (Å²) < 4.78 is 12.7. The minimum Gasteiger partial charge on any atom is -0.325 e. The second-order valence-corrected chi connectivity index (χ2v) is 4.13. The number of rotatable bonds is 2. The topological polar surface area (TPSA) is 32.3 Å². The molecular formula is C12H15FN2O. The fourth-order valence-corrected chi connectivity index (χ4v) is 2.00. The molecule has 4 heteroatoms. The van der Waals surface area contributed by atoms with E-state index in [0.717, 1.165) is 19.4 Å². The van der Waals surface area contributed by atoms with Crippen molar-refractivity contribution in [1.29, 1.82) is 0 Å². The summed E-state index contributed by atoms with van der Waals surface area (Å²) in [5.74, 6) is -0.303. The molecule has 2 rings (SSSR count). The second-order valence-electron chi connectivity index (χ2n) is 4.13. The van der Waals surface area contributed by atoms with Crippen molar-refractivity contribution in [1.82, 2.24) is 4.90 Å². The Morgan fingerprint density at radius 2 is 2.12 bits per heavy atom. The largest absolute Gasteiger partial charge is 0.325 e. The van der Waals surface area contributed by atoms with Crippen LogP contribution in [0.1, 0.15) is 12.8 Å². The van der Waals surface area contributed by atoms with E-state index >= 15 is 0 Å². The van der Waals surface area contributed by atoms with Crippen LogP contribution < -0.4 is 5.32 Å². The highest BCUT2D eigenvalue weighted by Gasteiger charge is 2.27. The normalized spacial score (nSPS) is 21.0. The average molecular weight is 222 g/mol. The number of nitrogens with zero attached hydrogens (tertiary/aromatic N) is 1. The third kappa shape index (κ3) is 2.39. The fraction of sp³-hybridized carbons (Fsp3) is 0.417. The maximum Gasteiger partial charge on any atom is 0.241 e. The number of carbonyl (C=O) groups excluding carboxylic acids is 1. The van der Waals surface area contributed by atoms with E-state index in [0.29, 0.717) is 5.69 Å². The summed E-state index contributed by atoms with van der Waals surface area (Å²) in [5, 5.41) is 2.79. The molecule has 0 aromatic heterocycles. The Bertz CT molecular complexity index is 377. The van der Waals surface area contributed by atoms with Crippen LogP contribution in [0.5, 0.6) is 0 Å². The first-order chi connectivity index (χ1) is 7.66. The second kappa shape index (κ2) is 4.61. The van der Waals surface area contributed by atoms with Gasteiger partial charge in [0.15, 0.2) is 0 Å². The minimum absolute atomic E-state index is 0.00777. The number of likely N-dealkylation sites (N-methyl/N-ethyl adjacent to an activating group) is 1. The van der Waals surface area contributed by atoms with E-state index in [1.807, 2.05) is 11.9 Å². The number of nitrogens with one attached hydrogen (secondary N) is 1. The van der Waals surface area contributed by atoms with Gasteiger partial charge in [0.1, 0.15) is 5.82 Å². The molecular weight excluding hydrogens is 207 g/mol. The maximum absolute atomic E-state index is 12.7. The van der Waals surface area contributed by atoms with E-state index < -0.39 is 0 Å². The van der Waals surface area contributed by atoms with Crippen LogP contribution in [0.25, 0.3) is 0 Å². The average Bonchev–Trinajstić information content (AvgIpc) is 2.68. The number of hydrogen-bond acceptors (Lipinski definition) is 2. The van der Waals surface area contributed by atoms with Gasteiger partial charge in [-0.15, -0.1) is 0 Å². The Balaban J connectivity index is 1.99. The molecule has 1 N–H and O–H groups in total. The van der Waals surface area contributed by atoms with Gasteiger partial charge in [0, 0.05) is 5.69 Å². The lowest BCUT2D eigenvalue weighted by atomic mass is 10.2. The molecule has 16 heavy (non-hydrogen) atoms. The molecule has 1 heterocycles. The highest BCUT2D eigenvalue weighted by Crippen LogP contribution is 2.17. The van der Waals surface area contributed by atoms with Gasteiger partial charge in [-0.1, -0.05) is 0 Å². The lowest BCUT2D eigenvalue weighted by Gasteiger charge is -2.18. The first-order valence-electron chi connectivity index (χ1n) is 5.43. The van der Waals surface area contributed by atoms with Crippen molar-refractivity contribution in [3.05, 3.63) is 30.1 Å². The van der Waals surface area contributed by atoms with E-state index in [9.17, 15) is 9.18 Å². The number of likely N-dealkylation sites (tertiary alicyclic amines) is 1. The van der Waals surface area contributed by atoms with Gasteiger partial charge in [-0.05, 0) is 50.7 Å². The molecule has 1 aliphatic heterocycles. The van der Waals surface area contributed by atoms with Crippen molar-refractivity contribution in [2.75, 3.05) is 18.9 Å². The summed E-state index contributed by atoms with van der Waals surface area (Å²) >= 11 is 0. The van der Waals surface area contributed by atoms with Gasteiger partial charge in [0.2, 0.25) is 5.91 Å². The van der Waals surface area contributed by atoms with E-state index in [4.69, 9.17) is 0 Å². The molecule has 0 aliphatic carbocycles. The molecule has 0 radical (unpaired) electrons. The number of anilines is 1. The molecule has 3 nitrogen and oxygen atoms in total. The van der Waals surface area contributed by atoms with Gasteiger partial charge >= 0.3 is 0 Å². The zero-order chi connectivity index (χ0) is 11.5. The van der Waals surface area contributed by atoms with Crippen LogP contribution in [0.4, 0.5) is 10.1 Å². The molecule has 0 saturated carbocycles. The van der Waals surface area contributed by atoms with Gasteiger partial charge in [0.05, 0.1) is 6.04 Å². The fourth-order valence-electron chi connectivity index (χ4n) is 2.00. The number of halogens is 1. The quantitative estimate of drug-likeness (QED) is 0.828. The molecule has 1 aromatic rings. The monoisotopic (exact) mass is 222 g/mol. The lowest BCUT2D eigenvalue weighted by molar-refractivity contribution is -0.119. The smallest absolute Gasteiger partial charge is 0.241 e. The molecule has 1 saturated heterocycles. The van der Waals surface area contributed by atoms with E-state index in [1.54, 1.807) is 12.1 Å². The van der Waals surface area contributed by atoms with Crippen LogP contribution >= 0.6 is 0 Å². The zero-order valence-electron chi connectivity index (χ0n) is 9.24. The Kier molecular flexibility index (Phi) is 3.19. The summed E-state index contributed by atoms with van der Waals surface area (Å²) in [6.07, 6.45) is 1.95. The summed E-state index contributed by atoms with van der Waals surface area (Å²) in [4.78, 5) is 13.9. The van der Waals surface area contributed by atoms with E-state index in [-0.39, 0.29) is 17.8 Å². The van der Waals surface area contributed by atoms with Crippen LogP contribution in [0.3, 0.4) is 0 Å². The van der Waals surface area contributed by atoms with Gasteiger partial charge in [-0.25, -0.2) is 4.39 Å². The SMILES string of the molecule is CN1CCCC1C(=O)Nc1ccc(F)cc1. The molecule has 1 unspecified atom stereocenters. The van der Waals surface area contributed by atoms with Crippen molar-refractivity contribution in [2.45, 2.75) is 18.9 Å². The number of hydrogen-bond donors (Lipinski definition) is 1. The zero-order valence-corrected chi connectivity index (χ0v) is 9.24. The van der Waals surface area contributed by atoms with Crippen molar-refractivity contribution in [3.63, 3.8) is 0 Å². The van der Waals surface area contributed by atoms with Gasteiger partial charge < -0.3 is 5.32 Å². The molecule has 1 aromatic carbocycles. The molecule has 1 atom stereocenters. The van der Waals surface area contributed by atoms with Gasteiger partial charge in [0.25, 0.3) is 0 Å². The molecule has 0 bridgehead atoms. The number of benzene rings is 1. The van der Waals surface area contributed by atoms with Crippen molar-refractivity contribution in [3.8, 4) is 0 Å². The lowest BCUT2D eigenvalue weighted by Crippen LogP contribution is -2.37. The molecule has 0 spiro atoms. The Hall–Kier alpha value is -1.42. The van der Waals surface area contributed by atoms with Crippen LogP contribution in [0.15, 0.2) is 24.3 Å². The number of amides is 1. The molecule has 1 fully saturated rings. The van der Waals surface area contributed by atoms with E-state index in [1.165, 1.54) is 12.1 Å². The van der Waals surface area contributed by atoms with Gasteiger partial charge in [-0.3, -0.25) is 9.69 Å². The first-order valence-corrected chi connectivity index (χ1v) is 5.43. The van der Waals surface area contributed by atoms with Crippen LogP contribution in [-0.4, -0.2) is 30.4 Å². The summed E-state index contributed by atoms with van der Waals surface area (Å²) in [6, 6.07) is 5.77. The first kappa shape index (κ1) is 11.1. The summed E-state index contributed by atoms with van der Waals surface area (Å²) in [7, 11) is 1.95. The highest BCUT2D eigenvalue weighted by atomic mass is 19.1. The maximum atomic E-state index is 12.7. The van der Waals surface area contributed by atoms with E-state index in [2.05, 4.69) is 5.32 Å². The van der Waals surface area contributed by atoms with Crippen molar-refractivity contribution >= 4 is 11.6 Å². The van der Waals surface area contributed by atoms with Gasteiger partial charge in [-0.2, -0.15) is 0 Å². The highest BCUT2D eigenvalue weighted by molar-refractivity contribution is 5.94. The molecule has 86 valence electrons. The molecule has 1 aliphatic rings. The molecule has 1 amide bonds. The minimum atomic E-state index is -0.295. The third-order valence-electron chi connectivity index (χ3n) is 2.93. The summed E-state index contributed by atoms with van der Waals surface area (Å²) in [6.45, 7) is 0.960. The Morgan fingerprint density at radius 1 is 1.44 bits per heavy atom. The van der Waals surface area contributed by atoms with Crippen molar-refractivity contribution < 1.29 is 9.18 Å². The Morgan fingerprint density at radius 3 is 2.69 bits per heavy atom. The Labute approximate surface area is 94.3 Å². The number of carbonyl (C=O) groups is 1. The van der Waals surface area contributed by atoms with Crippen molar-refractivity contribution in [2.24, 2.45) is 0 Å². The predicted molar refractivity (Wildman–Crippen MR) is 60.7 cm³/mol. The standard InChI is InChI=1S/C12H15FN2O/c1-15-8-2-3-11(15)12(16)14-10-6-4-9(13)5-7-10/h4-7,11H,2-3,8H2,1H3,(H,14,16). The van der Waals surface area contributed by atoms with Crippen LogP contribution in [-0.2, 0) is 4.79 Å². The predicted octanol–water partition coefficient (Wildman–Crippen LogP) is 1.86.